The van der Waals surface area contributed by atoms with Gasteiger partial charge in [-0.15, -0.1) is 5.06 Å². The van der Waals surface area contributed by atoms with Gasteiger partial charge in [-0.2, -0.15) is 0 Å². The van der Waals surface area contributed by atoms with Gasteiger partial charge in [0.1, 0.15) is 11.3 Å². The molecule has 1 fully saturated rings. The number of para-hydroxylation sites is 1. The molecule has 0 saturated carbocycles. The van der Waals surface area contributed by atoms with E-state index in [2.05, 4.69) is 4.84 Å². The Kier molecular flexibility index (Phi) is 3.13. The van der Waals surface area contributed by atoms with Crippen LogP contribution < -0.4 is 5.63 Å². The van der Waals surface area contributed by atoms with Crippen molar-refractivity contribution in [2.45, 2.75) is 12.8 Å². The highest BCUT2D eigenvalue weighted by atomic mass is 16.7. The maximum Gasteiger partial charge on any atom is 0.375 e. The first kappa shape index (κ1) is 13.8. The first-order chi connectivity index (χ1) is 10.5. The van der Waals surface area contributed by atoms with Crippen molar-refractivity contribution >= 4 is 28.8 Å². The van der Waals surface area contributed by atoms with Gasteiger partial charge >= 0.3 is 11.6 Å². The van der Waals surface area contributed by atoms with Crippen molar-refractivity contribution < 1.29 is 28.7 Å². The zero-order valence-corrected chi connectivity index (χ0v) is 11.1. The summed E-state index contributed by atoms with van der Waals surface area (Å²) in [6, 6.07) is 6.05. The van der Waals surface area contributed by atoms with Gasteiger partial charge in [0, 0.05) is 12.8 Å². The van der Waals surface area contributed by atoms with E-state index in [0.717, 1.165) is 0 Å². The van der Waals surface area contributed by atoms with Gasteiger partial charge in [0.15, 0.2) is 5.56 Å². The minimum absolute atomic E-state index is 0.0789. The number of carbonyl (C=O) groups is 3. The molecule has 8 heteroatoms. The summed E-state index contributed by atoms with van der Waals surface area (Å²) in [5.74, 6) is -3.34. The average Bonchev–Trinajstić information content (AvgIpc) is 2.79. The maximum absolute atomic E-state index is 12.0. The van der Waals surface area contributed by atoms with E-state index < -0.39 is 34.7 Å². The van der Waals surface area contributed by atoms with Crippen LogP contribution in [0.4, 0.5) is 0 Å². The summed E-state index contributed by atoms with van der Waals surface area (Å²) >= 11 is 0. The second kappa shape index (κ2) is 4.99. The maximum atomic E-state index is 12.0. The third-order valence-electron chi connectivity index (χ3n) is 3.17. The number of hydrogen-bond donors (Lipinski definition) is 1. The predicted molar refractivity (Wildman–Crippen MR) is 70.7 cm³/mol. The van der Waals surface area contributed by atoms with Crippen LogP contribution in [0, 0.1) is 0 Å². The van der Waals surface area contributed by atoms with Crippen molar-refractivity contribution in [1.82, 2.24) is 5.06 Å². The van der Waals surface area contributed by atoms with Crippen molar-refractivity contribution in [1.29, 1.82) is 0 Å². The molecule has 2 heterocycles. The molecule has 2 aromatic rings. The molecule has 112 valence electrons. The van der Waals surface area contributed by atoms with Crippen LogP contribution in [0.1, 0.15) is 23.2 Å². The normalized spacial score (nSPS) is 14.6. The zero-order valence-electron chi connectivity index (χ0n) is 11.1. The van der Waals surface area contributed by atoms with Gasteiger partial charge in [0.05, 0.1) is 5.39 Å². The van der Waals surface area contributed by atoms with Crippen LogP contribution in [0.5, 0.6) is 5.75 Å². The lowest BCUT2D eigenvalue weighted by atomic mass is 10.1. The Labute approximate surface area is 122 Å². The number of hydrogen-bond acceptors (Lipinski definition) is 7. The second-order valence-corrected chi connectivity index (χ2v) is 4.57. The second-order valence-electron chi connectivity index (χ2n) is 4.57. The van der Waals surface area contributed by atoms with E-state index >= 15 is 0 Å². The van der Waals surface area contributed by atoms with Crippen molar-refractivity contribution in [3.63, 3.8) is 0 Å². The molecule has 1 aliphatic rings. The van der Waals surface area contributed by atoms with Gasteiger partial charge < -0.3 is 14.4 Å². The van der Waals surface area contributed by atoms with Crippen molar-refractivity contribution in [2.24, 2.45) is 0 Å². The summed E-state index contributed by atoms with van der Waals surface area (Å²) in [5.41, 5.74) is -1.80. The quantitative estimate of drug-likeness (QED) is 0.642. The number of amides is 2. The summed E-state index contributed by atoms with van der Waals surface area (Å²) in [7, 11) is 0. The molecule has 1 aromatic carbocycles. The molecule has 0 unspecified atom stereocenters. The first-order valence-electron chi connectivity index (χ1n) is 6.32. The predicted octanol–water partition coefficient (Wildman–Crippen LogP) is 0.719. The molecule has 1 aromatic heterocycles. The number of rotatable bonds is 2. The van der Waals surface area contributed by atoms with Crippen LogP contribution in [-0.2, 0) is 14.4 Å². The van der Waals surface area contributed by atoms with Crippen molar-refractivity contribution in [3.8, 4) is 5.75 Å². The highest BCUT2D eigenvalue weighted by molar-refractivity contribution is 6.04. The number of carbonyl (C=O) groups excluding carboxylic acids is 3. The Morgan fingerprint density at radius 3 is 2.45 bits per heavy atom. The van der Waals surface area contributed by atoms with Gasteiger partial charge in [-0.25, -0.2) is 9.59 Å². The van der Waals surface area contributed by atoms with Gasteiger partial charge in [-0.1, -0.05) is 12.1 Å². The van der Waals surface area contributed by atoms with Gasteiger partial charge in [0.2, 0.25) is 0 Å². The number of aromatic hydroxyl groups is 1. The van der Waals surface area contributed by atoms with E-state index in [1.807, 2.05) is 0 Å². The van der Waals surface area contributed by atoms with Crippen LogP contribution in [0.3, 0.4) is 0 Å². The smallest absolute Gasteiger partial charge is 0.375 e. The number of fused-ring (bicyclic) bond motifs is 1. The lowest BCUT2D eigenvalue weighted by molar-refractivity contribution is -0.172. The molecule has 0 radical (unpaired) electrons. The van der Waals surface area contributed by atoms with Crippen LogP contribution >= 0.6 is 0 Å². The molecule has 0 spiro atoms. The Morgan fingerprint density at radius 1 is 1.14 bits per heavy atom. The molecular formula is C14H9NO7. The van der Waals surface area contributed by atoms with Crippen molar-refractivity contribution in [3.05, 3.63) is 40.2 Å². The van der Waals surface area contributed by atoms with E-state index in [-0.39, 0.29) is 28.9 Å². The fourth-order valence-corrected chi connectivity index (χ4v) is 2.10. The highest BCUT2D eigenvalue weighted by Gasteiger charge is 2.35. The topological polar surface area (TPSA) is 114 Å². The first-order valence-corrected chi connectivity index (χ1v) is 6.32. The number of hydroxylamine groups is 2. The molecule has 0 atom stereocenters. The van der Waals surface area contributed by atoms with Gasteiger partial charge in [-0.3, -0.25) is 9.59 Å². The van der Waals surface area contributed by atoms with E-state index in [9.17, 15) is 24.3 Å². The third-order valence-corrected chi connectivity index (χ3v) is 3.17. The van der Waals surface area contributed by atoms with E-state index in [0.29, 0.717) is 0 Å². The molecule has 22 heavy (non-hydrogen) atoms. The summed E-state index contributed by atoms with van der Waals surface area (Å²) in [5, 5.41) is 10.5. The van der Waals surface area contributed by atoms with Crippen molar-refractivity contribution in [2.75, 3.05) is 0 Å². The molecular weight excluding hydrogens is 294 g/mol. The number of benzene rings is 1. The minimum atomic E-state index is -1.33. The third kappa shape index (κ3) is 2.10. The highest BCUT2D eigenvalue weighted by Crippen LogP contribution is 2.27. The molecule has 1 saturated heterocycles. The van der Waals surface area contributed by atoms with Gasteiger partial charge in [-0.05, 0) is 12.1 Å². The lowest BCUT2D eigenvalue weighted by Crippen LogP contribution is -2.33. The summed E-state index contributed by atoms with van der Waals surface area (Å²) in [4.78, 5) is 51.2. The van der Waals surface area contributed by atoms with E-state index in [1.54, 1.807) is 12.1 Å². The Balaban J connectivity index is 2.03. The number of nitrogens with zero attached hydrogens (tertiary/aromatic N) is 1. The van der Waals surface area contributed by atoms with Gasteiger partial charge in [0.25, 0.3) is 11.8 Å². The Bertz CT molecular complexity index is 851. The molecule has 2 amide bonds. The molecule has 3 rings (SSSR count). The largest absolute Gasteiger partial charge is 0.506 e. The minimum Gasteiger partial charge on any atom is -0.506 e. The molecule has 0 aliphatic carbocycles. The fourth-order valence-electron chi connectivity index (χ4n) is 2.10. The zero-order chi connectivity index (χ0) is 15.9. The molecule has 1 N–H and O–H groups in total. The Hall–Kier alpha value is -3.16. The number of imide groups is 1. The molecule has 1 aliphatic heterocycles. The SMILES string of the molecule is O=C(ON1C(=O)CCC1=O)c1c(O)c2ccccc2oc1=O. The summed E-state index contributed by atoms with van der Waals surface area (Å²) in [6.45, 7) is 0. The summed E-state index contributed by atoms with van der Waals surface area (Å²) in [6.07, 6.45) is -0.158. The molecule has 0 bridgehead atoms. The van der Waals surface area contributed by atoms with E-state index in [1.165, 1.54) is 12.1 Å². The monoisotopic (exact) mass is 303 g/mol. The summed E-state index contributed by atoms with van der Waals surface area (Å²) < 4.78 is 4.91. The van der Waals surface area contributed by atoms with Crippen LogP contribution in [-0.4, -0.2) is 28.0 Å². The fraction of sp³-hybridized carbons (Fsp3) is 0.143. The lowest BCUT2D eigenvalue weighted by Gasteiger charge is -2.12. The molecule has 8 nitrogen and oxygen atoms in total. The Morgan fingerprint density at radius 2 is 1.77 bits per heavy atom. The van der Waals surface area contributed by atoms with Crippen LogP contribution in [0.25, 0.3) is 11.0 Å². The van der Waals surface area contributed by atoms with Crippen LogP contribution in [0.2, 0.25) is 0 Å². The van der Waals surface area contributed by atoms with Crippen LogP contribution in [0.15, 0.2) is 33.5 Å². The average molecular weight is 303 g/mol. The van der Waals surface area contributed by atoms with E-state index in [4.69, 9.17) is 4.42 Å². The standard InChI is InChI=1S/C14H9NO7/c16-9-5-6-10(17)15(9)22-14(20)11-12(18)7-3-1-2-4-8(7)21-13(11)19/h1-4,18H,5-6H2.